The van der Waals surface area contributed by atoms with Crippen LogP contribution in [0.4, 0.5) is 5.69 Å². The highest BCUT2D eigenvalue weighted by Crippen LogP contribution is 2.31. The molecule has 0 unspecified atom stereocenters. The van der Waals surface area contributed by atoms with E-state index in [4.69, 9.17) is 4.74 Å². The van der Waals surface area contributed by atoms with E-state index < -0.39 is 10.0 Å². The van der Waals surface area contributed by atoms with Crippen LogP contribution in [-0.2, 0) is 21.2 Å². The number of ether oxygens (including phenoxy) is 1. The van der Waals surface area contributed by atoms with E-state index in [1.807, 2.05) is 42.5 Å². The molecule has 2 aliphatic rings. The summed E-state index contributed by atoms with van der Waals surface area (Å²) in [6, 6.07) is 18.9. The topological polar surface area (TPSA) is 66.9 Å². The summed E-state index contributed by atoms with van der Waals surface area (Å²) in [5.74, 6) is 0.524. The highest BCUT2D eigenvalue weighted by Gasteiger charge is 2.29. The molecule has 5 rings (SSSR count). The second-order valence-electron chi connectivity index (χ2n) is 8.35. The van der Waals surface area contributed by atoms with E-state index in [1.165, 1.54) is 0 Å². The third kappa shape index (κ3) is 3.98. The monoisotopic (exact) mass is 450 g/mol. The lowest BCUT2D eigenvalue weighted by Crippen LogP contribution is -2.38. The van der Waals surface area contributed by atoms with Gasteiger partial charge in [-0.25, -0.2) is 8.42 Å². The van der Waals surface area contributed by atoms with Gasteiger partial charge in [0.25, 0.3) is 5.91 Å². The number of rotatable bonds is 5. The second-order valence-corrected chi connectivity index (χ2v) is 10.3. The first kappa shape index (κ1) is 21.0. The SMILES string of the molecule is O=C(COc1ccc2ccccc2c1)N1CCCc2cc(S(=O)(=O)N3CCCC3)ccc21. The molecule has 0 aliphatic carbocycles. The maximum absolute atomic E-state index is 13.0. The first-order valence-corrected chi connectivity index (χ1v) is 12.5. The van der Waals surface area contributed by atoms with Gasteiger partial charge in [0.15, 0.2) is 6.61 Å². The van der Waals surface area contributed by atoms with E-state index in [0.717, 1.165) is 47.7 Å². The summed E-state index contributed by atoms with van der Waals surface area (Å²) in [7, 11) is -3.47. The average molecular weight is 451 g/mol. The molecule has 0 bridgehead atoms. The predicted molar refractivity (Wildman–Crippen MR) is 125 cm³/mol. The quantitative estimate of drug-likeness (QED) is 0.590. The summed E-state index contributed by atoms with van der Waals surface area (Å²) in [6.45, 7) is 1.70. The molecule has 0 saturated carbocycles. The summed E-state index contributed by atoms with van der Waals surface area (Å²) < 4.78 is 33.2. The first-order valence-electron chi connectivity index (χ1n) is 11.1. The molecule has 2 aliphatic heterocycles. The Balaban J connectivity index is 1.32. The minimum Gasteiger partial charge on any atom is -0.484 e. The molecule has 6 nitrogen and oxygen atoms in total. The van der Waals surface area contributed by atoms with Gasteiger partial charge in [-0.1, -0.05) is 30.3 Å². The van der Waals surface area contributed by atoms with Gasteiger partial charge < -0.3 is 9.64 Å². The van der Waals surface area contributed by atoms with Crippen LogP contribution >= 0.6 is 0 Å². The first-order chi connectivity index (χ1) is 15.5. The van der Waals surface area contributed by atoms with Gasteiger partial charge in [0, 0.05) is 25.3 Å². The van der Waals surface area contributed by atoms with Crippen molar-refractivity contribution in [2.24, 2.45) is 0 Å². The molecule has 0 aromatic heterocycles. The van der Waals surface area contributed by atoms with E-state index in [1.54, 1.807) is 27.4 Å². The fourth-order valence-corrected chi connectivity index (χ4v) is 6.12. The van der Waals surface area contributed by atoms with Crippen LogP contribution in [0.3, 0.4) is 0 Å². The Morgan fingerprint density at radius 1 is 0.875 bits per heavy atom. The van der Waals surface area contributed by atoms with E-state index in [9.17, 15) is 13.2 Å². The molecule has 1 fully saturated rings. The van der Waals surface area contributed by atoms with Gasteiger partial charge in [0.2, 0.25) is 10.0 Å². The number of carbonyl (C=O) groups is 1. The van der Waals surface area contributed by atoms with Crippen molar-refractivity contribution in [1.82, 2.24) is 4.31 Å². The zero-order valence-electron chi connectivity index (χ0n) is 17.9. The van der Waals surface area contributed by atoms with Crippen molar-refractivity contribution in [2.75, 3.05) is 31.1 Å². The maximum atomic E-state index is 13.0. The maximum Gasteiger partial charge on any atom is 0.264 e. The molecule has 166 valence electrons. The third-order valence-corrected chi connectivity index (χ3v) is 8.15. The average Bonchev–Trinajstić information content (AvgIpc) is 3.38. The second kappa shape index (κ2) is 8.56. The van der Waals surface area contributed by atoms with Crippen LogP contribution in [0.25, 0.3) is 10.8 Å². The minimum absolute atomic E-state index is 0.0639. The van der Waals surface area contributed by atoms with Gasteiger partial charge in [-0.3, -0.25) is 4.79 Å². The number of amides is 1. The Labute approximate surface area is 188 Å². The minimum atomic E-state index is -3.47. The Hall–Kier alpha value is -2.90. The Morgan fingerprint density at radius 3 is 2.47 bits per heavy atom. The van der Waals surface area contributed by atoms with Crippen molar-refractivity contribution >= 4 is 32.4 Å². The highest BCUT2D eigenvalue weighted by atomic mass is 32.2. The van der Waals surface area contributed by atoms with Gasteiger partial charge >= 0.3 is 0 Å². The van der Waals surface area contributed by atoms with E-state index in [2.05, 4.69) is 0 Å². The normalized spacial score (nSPS) is 16.8. The van der Waals surface area contributed by atoms with Gasteiger partial charge in [0.05, 0.1) is 4.90 Å². The number of hydrogen-bond donors (Lipinski definition) is 0. The van der Waals surface area contributed by atoms with Gasteiger partial charge in [-0.2, -0.15) is 4.31 Å². The summed E-state index contributed by atoms with van der Waals surface area (Å²) >= 11 is 0. The third-order valence-electron chi connectivity index (χ3n) is 6.26. The predicted octanol–water partition coefficient (Wildman–Crippen LogP) is 3.98. The lowest BCUT2D eigenvalue weighted by Gasteiger charge is -2.30. The number of fused-ring (bicyclic) bond motifs is 2. The summed E-state index contributed by atoms with van der Waals surface area (Å²) in [5.41, 5.74) is 1.68. The summed E-state index contributed by atoms with van der Waals surface area (Å²) in [4.78, 5) is 15.0. The van der Waals surface area contributed by atoms with Crippen molar-refractivity contribution in [3.8, 4) is 5.75 Å². The molecule has 32 heavy (non-hydrogen) atoms. The molecule has 7 heteroatoms. The number of anilines is 1. The molecule has 0 spiro atoms. The van der Waals surface area contributed by atoms with Crippen LogP contribution in [0.1, 0.15) is 24.8 Å². The molecule has 2 heterocycles. The molecule has 0 radical (unpaired) electrons. The Morgan fingerprint density at radius 2 is 1.66 bits per heavy atom. The number of aryl methyl sites for hydroxylation is 1. The molecular formula is C25H26N2O4S. The van der Waals surface area contributed by atoms with Gasteiger partial charge in [-0.15, -0.1) is 0 Å². The molecule has 3 aromatic rings. The van der Waals surface area contributed by atoms with E-state index >= 15 is 0 Å². The van der Waals surface area contributed by atoms with Crippen molar-refractivity contribution < 1.29 is 17.9 Å². The molecule has 3 aromatic carbocycles. The fourth-order valence-electron chi connectivity index (χ4n) is 4.55. The Bertz CT molecular complexity index is 1270. The lowest BCUT2D eigenvalue weighted by atomic mass is 10.0. The van der Waals surface area contributed by atoms with Gasteiger partial charge in [-0.05, 0) is 72.4 Å². The van der Waals surface area contributed by atoms with E-state index in [0.29, 0.717) is 30.3 Å². The molecule has 0 N–H and O–H groups in total. The number of nitrogens with zero attached hydrogens (tertiary/aromatic N) is 2. The zero-order chi connectivity index (χ0) is 22.1. The standard InChI is InChI=1S/C25H26N2O4S/c28-25(18-31-22-10-9-19-6-1-2-7-20(19)16-22)27-15-5-8-21-17-23(11-12-24(21)27)32(29,30)26-13-3-4-14-26/h1-2,6-7,9-12,16-17H,3-5,8,13-15,18H2. The van der Waals surface area contributed by atoms with Crippen LogP contribution in [0.5, 0.6) is 5.75 Å². The van der Waals surface area contributed by atoms with Crippen molar-refractivity contribution in [2.45, 2.75) is 30.6 Å². The summed E-state index contributed by atoms with van der Waals surface area (Å²) in [5, 5.41) is 2.18. The van der Waals surface area contributed by atoms with Crippen molar-refractivity contribution in [3.63, 3.8) is 0 Å². The van der Waals surface area contributed by atoms with Crippen LogP contribution in [0, 0.1) is 0 Å². The van der Waals surface area contributed by atoms with Crippen molar-refractivity contribution in [3.05, 3.63) is 66.2 Å². The van der Waals surface area contributed by atoms with Crippen LogP contribution in [-0.4, -0.2) is 44.9 Å². The van der Waals surface area contributed by atoms with Crippen LogP contribution < -0.4 is 9.64 Å². The van der Waals surface area contributed by atoms with Crippen LogP contribution in [0.15, 0.2) is 65.6 Å². The molecule has 1 amide bonds. The molecule has 0 atom stereocenters. The number of sulfonamides is 1. The Kier molecular flexibility index (Phi) is 5.61. The smallest absolute Gasteiger partial charge is 0.264 e. The van der Waals surface area contributed by atoms with E-state index in [-0.39, 0.29) is 12.5 Å². The lowest BCUT2D eigenvalue weighted by molar-refractivity contribution is -0.120. The van der Waals surface area contributed by atoms with Gasteiger partial charge in [0.1, 0.15) is 5.75 Å². The number of carbonyl (C=O) groups excluding carboxylic acids is 1. The van der Waals surface area contributed by atoms with Crippen LogP contribution in [0.2, 0.25) is 0 Å². The zero-order valence-corrected chi connectivity index (χ0v) is 18.7. The molecule has 1 saturated heterocycles. The largest absolute Gasteiger partial charge is 0.484 e. The number of benzene rings is 3. The highest BCUT2D eigenvalue weighted by molar-refractivity contribution is 7.89. The summed E-state index contributed by atoms with van der Waals surface area (Å²) in [6.07, 6.45) is 3.36. The van der Waals surface area contributed by atoms with Crippen molar-refractivity contribution in [1.29, 1.82) is 0 Å². The fraction of sp³-hybridized carbons (Fsp3) is 0.320. The number of hydrogen-bond acceptors (Lipinski definition) is 4. The molecular weight excluding hydrogens is 424 g/mol.